The Morgan fingerprint density at radius 3 is 2.35 bits per heavy atom. The normalized spacial score (nSPS) is 11.6. The van der Waals surface area contributed by atoms with Crippen molar-refractivity contribution in [2.75, 3.05) is 0 Å². The lowest BCUT2D eigenvalue weighted by molar-refractivity contribution is 0.402. The second-order valence-corrected chi connectivity index (χ2v) is 5.86. The van der Waals surface area contributed by atoms with Crippen LogP contribution in [0.3, 0.4) is 0 Å². The molecular weight excluding hydrogens is 304 g/mol. The van der Waals surface area contributed by atoms with Crippen LogP contribution in [0.1, 0.15) is 11.3 Å². The van der Waals surface area contributed by atoms with E-state index < -0.39 is 0 Å². The van der Waals surface area contributed by atoms with E-state index in [1.165, 1.54) is 11.3 Å². The summed E-state index contributed by atoms with van der Waals surface area (Å²) in [6, 6.07) is 21.4. The molecule has 0 aliphatic rings. The van der Waals surface area contributed by atoms with E-state index in [0.29, 0.717) is 12.1 Å². The van der Waals surface area contributed by atoms with Gasteiger partial charge in [0.1, 0.15) is 22.4 Å². The van der Waals surface area contributed by atoms with Gasteiger partial charge in [0.2, 0.25) is 0 Å². The van der Waals surface area contributed by atoms with Crippen LogP contribution in [0.2, 0.25) is 0 Å². The van der Waals surface area contributed by atoms with Gasteiger partial charge in [-0.15, -0.1) is 11.3 Å². The molecule has 0 aliphatic heterocycles. The lowest BCUT2D eigenvalue weighted by Crippen LogP contribution is -1.95. The number of rotatable bonds is 4. The fourth-order valence-corrected chi connectivity index (χ4v) is 3.07. The number of thiazole rings is 1. The molecule has 112 valence electrons. The van der Waals surface area contributed by atoms with Crippen molar-refractivity contribution in [1.82, 2.24) is 4.98 Å². The number of benzene rings is 2. The summed E-state index contributed by atoms with van der Waals surface area (Å²) in [7, 11) is 0. The van der Waals surface area contributed by atoms with Crippen molar-refractivity contribution >= 4 is 16.9 Å². The Hall–Kier alpha value is -2.90. The molecule has 0 unspecified atom stereocenters. The van der Waals surface area contributed by atoms with Crippen molar-refractivity contribution in [3.63, 3.8) is 0 Å². The van der Waals surface area contributed by atoms with Crippen molar-refractivity contribution in [1.29, 1.82) is 5.26 Å². The van der Waals surface area contributed by atoms with E-state index in [9.17, 15) is 10.4 Å². The maximum atomic E-state index is 10.3. The van der Waals surface area contributed by atoms with Crippen LogP contribution in [0.5, 0.6) is 0 Å². The van der Waals surface area contributed by atoms with Gasteiger partial charge in [-0.1, -0.05) is 60.7 Å². The van der Waals surface area contributed by atoms with Crippen LogP contribution in [0.4, 0.5) is 0 Å². The molecule has 3 aromatic rings. The zero-order valence-corrected chi connectivity index (χ0v) is 13.1. The Bertz CT molecular complexity index is 861. The van der Waals surface area contributed by atoms with E-state index in [-0.39, 0.29) is 11.3 Å². The van der Waals surface area contributed by atoms with E-state index in [1.54, 1.807) is 0 Å². The molecule has 0 amide bonds. The molecule has 2 aromatic carbocycles. The van der Waals surface area contributed by atoms with Gasteiger partial charge >= 0.3 is 0 Å². The van der Waals surface area contributed by atoms with Crippen LogP contribution < -0.4 is 0 Å². The zero-order valence-electron chi connectivity index (χ0n) is 12.3. The van der Waals surface area contributed by atoms with Crippen molar-refractivity contribution in [2.24, 2.45) is 0 Å². The maximum Gasteiger partial charge on any atom is 0.124 e. The first-order valence-corrected chi connectivity index (χ1v) is 8.03. The molecule has 4 heteroatoms. The average molecular weight is 318 g/mol. The van der Waals surface area contributed by atoms with Crippen LogP contribution in [0.25, 0.3) is 16.1 Å². The molecule has 0 fully saturated rings. The van der Waals surface area contributed by atoms with E-state index in [0.717, 1.165) is 16.1 Å². The second kappa shape index (κ2) is 6.91. The molecule has 0 atom stereocenters. The molecule has 1 heterocycles. The number of aromatic nitrogens is 1. The molecule has 23 heavy (non-hydrogen) atoms. The highest BCUT2D eigenvalue weighted by atomic mass is 32.1. The summed E-state index contributed by atoms with van der Waals surface area (Å²) < 4.78 is 0. The molecule has 3 nitrogen and oxygen atoms in total. The largest absolute Gasteiger partial charge is 0.510 e. The average Bonchev–Trinajstić information content (AvgIpc) is 3.07. The van der Waals surface area contributed by atoms with Crippen molar-refractivity contribution in [3.05, 3.63) is 83.1 Å². The lowest BCUT2D eigenvalue weighted by Gasteiger charge is -2.03. The Morgan fingerprint density at radius 1 is 1.04 bits per heavy atom. The van der Waals surface area contributed by atoms with Gasteiger partial charge in [0.25, 0.3) is 0 Å². The highest BCUT2D eigenvalue weighted by Gasteiger charge is 2.13. The molecule has 3 rings (SSSR count). The summed E-state index contributed by atoms with van der Waals surface area (Å²) in [5.41, 5.74) is 2.71. The SMILES string of the molecule is N#CC(=C(O)Cc1ccccc1)c1csc(-c2ccccc2)n1. The third-order valence-electron chi connectivity index (χ3n) is 3.40. The summed E-state index contributed by atoms with van der Waals surface area (Å²) >= 11 is 1.46. The molecule has 1 N–H and O–H groups in total. The maximum absolute atomic E-state index is 10.3. The Morgan fingerprint density at radius 2 is 1.70 bits per heavy atom. The first-order valence-electron chi connectivity index (χ1n) is 7.15. The minimum Gasteiger partial charge on any atom is -0.510 e. The molecular formula is C19H14N2OS. The first-order chi connectivity index (χ1) is 11.3. The van der Waals surface area contributed by atoms with E-state index in [4.69, 9.17) is 0 Å². The Kier molecular flexibility index (Phi) is 4.51. The zero-order chi connectivity index (χ0) is 16.1. The summed E-state index contributed by atoms with van der Waals surface area (Å²) in [5.74, 6) is 0.0450. The molecule has 0 spiro atoms. The second-order valence-electron chi connectivity index (χ2n) is 5.00. The third kappa shape index (κ3) is 3.47. The van der Waals surface area contributed by atoms with Crippen molar-refractivity contribution < 1.29 is 5.11 Å². The predicted octanol–water partition coefficient (Wildman–Crippen LogP) is 4.85. The number of aliphatic hydroxyl groups excluding tert-OH is 1. The van der Waals surface area contributed by atoms with Gasteiger partial charge in [0.05, 0.1) is 5.69 Å². The Labute approximate surface area is 138 Å². The number of allylic oxidation sites excluding steroid dienone is 2. The van der Waals surface area contributed by atoms with Gasteiger partial charge in [-0.05, 0) is 5.56 Å². The first kappa shape index (κ1) is 15.0. The van der Waals surface area contributed by atoms with Crippen molar-refractivity contribution in [3.8, 4) is 16.6 Å². The lowest BCUT2D eigenvalue weighted by atomic mass is 10.1. The minimum absolute atomic E-state index is 0.0450. The number of hydrogen-bond donors (Lipinski definition) is 1. The monoisotopic (exact) mass is 318 g/mol. The molecule has 0 radical (unpaired) electrons. The topological polar surface area (TPSA) is 56.9 Å². The number of aliphatic hydroxyl groups is 1. The molecule has 0 saturated carbocycles. The van der Waals surface area contributed by atoms with E-state index in [1.807, 2.05) is 66.0 Å². The van der Waals surface area contributed by atoms with Gasteiger partial charge < -0.3 is 5.11 Å². The molecule has 0 aliphatic carbocycles. The summed E-state index contributed by atoms with van der Waals surface area (Å²) in [5, 5.41) is 22.4. The smallest absolute Gasteiger partial charge is 0.124 e. The van der Waals surface area contributed by atoms with E-state index >= 15 is 0 Å². The van der Waals surface area contributed by atoms with Crippen molar-refractivity contribution in [2.45, 2.75) is 6.42 Å². The number of nitriles is 1. The summed E-state index contributed by atoms with van der Waals surface area (Å²) in [6.45, 7) is 0. The van der Waals surface area contributed by atoms with Gasteiger partial charge in [-0.3, -0.25) is 0 Å². The highest BCUT2D eigenvalue weighted by Crippen LogP contribution is 2.27. The van der Waals surface area contributed by atoms with Gasteiger partial charge in [0.15, 0.2) is 0 Å². The number of hydrogen-bond acceptors (Lipinski definition) is 4. The van der Waals surface area contributed by atoms with Crippen LogP contribution in [-0.2, 0) is 6.42 Å². The third-order valence-corrected chi connectivity index (χ3v) is 4.29. The minimum atomic E-state index is 0.0450. The van der Waals surface area contributed by atoms with Crippen LogP contribution >= 0.6 is 11.3 Å². The van der Waals surface area contributed by atoms with E-state index in [2.05, 4.69) is 11.1 Å². The van der Waals surface area contributed by atoms with Gasteiger partial charge in [-0.25, -0.2) is 4.98 Å². The summed E-state index contributed by atoms with van der Waals surface area (Å²) in [4.78, 5) is 4.49. The predicted molar refractivity (Wildman–Crippen MR) is 92.9 cm³/mol. The fraction of sp³-hybridized carbons (Fsp3) is 0.0526. The molecule has 0 saturated heterocycles. The van der Waals surface area contributed by atoms with Crippen LogP contribution in [0, 0.1) is 11.3 Å². The van der Waals surface area contributed by atoms with Crippen LogP contribution in [-0.4, -0.2) is 10.1 Å². The van der Waals surface area contributed by atoms with Gasteiger partial charge in [0, 0.05) is 17.4 Å². The highest BCUT2D eigenvalue weighted by molar-refractivity contribution is 7.13. The summed E-state index contributed by atoms with van der Waals surface area (Å²) in [6.07, 6.45) is 0.321. The number of nitrogens with zero attached hydrogens (tertiary/aromatic N) is 2. The van der Waals surface area contributed by atoms with Gasteiger partial charge in [-0.2, -0.15) is 5.26 Å². The quantitative estimate of drug-likeness (QED) is 0.553. The fourth-order valence-electron chi connectivity index (χ4n) is 2.25. The van der Waals surface area contributed by atoms with Crippen LogP contribution in [0.15, 0.2) is 71.8 Å². The standard InChI is InChI=1S/C19H14N2OS/c20-12-16(18(22)11-14-7-3-1-4-8-14)17-13-23-19(21-17)15-9-5-2-6-10-15/h1-10,13,22H,11H2. The Balaban J connectivity index is 1.91. The molecule has 1 aromatic heterocycles. The molecule has 0 bridgehead atoms.